The largest absolute Gasteiger partial charge is 0.493 e. The van der Waals surface area contributed by atoms with Crippen LogP contribution in [0.3, 0.4) is 0 Å². The summed E-state index contributed by atoms with van der Waals surface area (Å²) < 4.78 is 11.4. The lowest BCUT2D eigenvalue weighted by Gasteiger charge is -2.13. The lowest BCUT2D eigenvalue weighted by Crippen LogP contribution is -2.11. The minimum absolute atomic E-state index is 0.451. The third-order valence-corrected chi connectivity index (χ3v) is 4.83. The Morgan fingerprint density at radius 1 is 0.960 bits per heavy atom. The summed E-state index contributed by atoms with van der Waals surface area (Å²) >= 11 is 7.76. The van der Waals surface area contributed by atoms with Crippen molar-refractivity contribution in [2.75, 3.05) is 7.11 Å². The highest BCUT2D eigenvalue weighted by Gasteiger charge is 2.07. The van der Waals surface area contributed by atoms with Gasteiger partial charge in [0.15, 0.2) is 11.5 Å². The Kier molecular flexibility index (Phi) is 6.34. The smallest absolute Gasteiger partial charge is 0.161 e. The van der Waals surface area contributed by atoms with Gasteiger partial charge in [-0.1, -0.05) is 35.9 Å². The van der Waals surface area contributed by atoms with Crippen molar-refractivity contribution < 1.29 is 9.47 Å². The van der Waals surface area contributed by atoms with Crippen LogP contribution in [0, 0.1) is 0 Å². The Morgan fingerprint density at radius 2 is 1.88 bits per heavy atom. The average Bonchev–Trinajstić information content (AvgIpc) is 3.14. The fraction of sp³-hybridized carbons (Fsp3) is 0.200. The normalized spacial score (nSPS) is 10.6. The number of rotatable bonds is 8. The van der Waals surface area contributed by atoms with Crippen molar-refractivity contribution >= 4 is 22.9 Å². The van der Waals surface area contributed by atoms with Crippen LogP contribution in [0.4, 0.5) is 0 Å². The molecule has 0 aliphatic rings. The van der Waals surface area contributed by atoms with E-state index in [2.05, 4.69) is 28.9 Å². The highest BCUT2D eigenvalue weighted by molar-refractivity contribution is 7.09. The molecule has 130 valence electrons. The molecule has 0 bridgehead atoms. The molecule has 2 aromatic carbocycles. The first kappa shape index (κ1) is 17.8. The summed E-state index contributed by atoms with van der Waals surface area (Å²) in [5, 5.41) is 6.24. The molecule has 1 aromatic heterocycles. The maximum absolute atomic E-state index is 6.00. The van der Waals surface area contributed by atoms with Gasteiger partial charge < -0.3 is 14.8 Å². The van der Waals surface area contributed by atoms with Crippen LogP contribution in [0.15, 0.2) is 60.0 Å². The Morgan fingerprint density at radius 3 is 2.64 bits per heavy atom. The van der Waals surface area contributed by atoms with Crippen LogP contribution in [-0.4, -0.2) is 7.11 Å². The van der Waals surface area contributed by atoms with E-state index in [1.54, 1.807) is 18.4 Å². The van der Waals surface area contributed by atoms with E-state index >= 15 is 0 Å². The molecule has 0 radical (unpaired) electrons. The van der Waals surface area contributed by atoms with Gasteiger partial charge in [-0.2, -0.15) is 0 Å². The standard InChI is InChI=1S/C20H20ClNO2S/c1-23-20-11-15(12-22-13-18-6-3-9-25-18)7-8-19(20)24-14-16-4-2-5-17(21)10-16/h2-11,22H,12-14H2,1H3. The molecule has 5 heteroatoms. The van der Waals surface area contributed by atoms with Gasteiger partial charge in [0, 0.05) is 23.0 Å². The number of halogens is 1. The lowest BCUT2D eigenvalue weighted by molar-refractivity contribution is 0.284. The van der Waals surface area contributed by atoms with Crippen LogP contribution in [0.25, 0.3) is 0 Å². The van der Waals surface area contributed by atoms with E-state index in [0.717, 1.165) is 35.7 Å². The third-order valence-electron chi connectivity index (χ3n) is 3.72. The second-order valence-electron chi connectivity index (χ2n) is 5.59. The Bertz CT molecular complexity index is 805. The van der Waals surface area contributed by atoms with Crippen molar-refractivity contribution in [3.05, 3.63) is 81.0 Å². The zero-order chi connectivity index (χ0) is 17.5. The maximum Gasteiger partial charge on any atom is 0.161 e. The summed E-state index contributed by atoms with van der Waals surface area (Å²) in [5.41, 5.74) is 2.18. The third kappa shape index (κ3) is 5.23. The average molecular weight is 374 g/mol. The summed E-state index contributed by atoms with van der Waals surface area (Å²) in [6.07, 6.45) is 0. The van der Waals surface area contributed by atoms with Crippen LogP contribution >= 0.6 is 22.9 Å². The summed E-state index contributed by atoms with van der Waals surface area (Å²) in [5.74, 6) is 1.46. The van der Waals surface area contributed by atoms with E-state index in [-0.39, 0.29) is 0 Å². The fourth-order valence-corrected chi connectivity index (χ4v) is 3.36. The fourth-order valence-electron chi connectivity index (χ4n) is 2.47. The predicted octanol–water partition coefficient (Wildman–Crippen LogP) is 5.28. The van der Waals surface area contributed by atoms with Gasteiger partial charge in [0.25, 0.3) is 0 Å². The molecule has 0 atom stereocenters. The van der Waals surface area contributed by atoms with Gasteiger partial charge >= 0.3 is 0 Å². The Labute approximate surface area is 157 Å². The first-order chi connectivity index (χ1) is 12.2. The quantitative estimate of drug-likeness (QED) is 0.582. The molecule has 1 heterocycles. The van der Waals surface area contributed by atoms with Gasteiger partial charge in [0.05, 0.1) is 7.11 Å². The monoisotopic (exact) mass is 373 g/mol. The minimum Gasteiger partial charge on any atom is -0.493 e. The zero-order valence-corrected chi connectivity index (χ0v) is 15.6. The van der Waals surface area contributed by atoms with Gasteiger partial charge in [-0.25, -0.2) is 0 Å². The van der Waals surface area contributed by atoms with Crippen LogP contribution in [0.2, 0.25) is 5.02 Å². The topological polar surface area (TPSA) is 30.5 Å². The van der Waals surface area contributed by atoms with Crippen LogP contribution in [0.5, 0.6) is 11.5 Å². The van der Waals surface area contributed by atoms with Gasteiger partial charge in [0.1, 0.15) is 6.61 Å². The molecule has 0 spiro atoms. The number of ether oxygens (including phenoxy) is 2. The highest BCUT2D eigenvalue weighted by atomic mass is 35.5. The van der Waals surface area contributed by atoms with Crippen LogP contribution < -0.4 is 14.8 Å². The van der Waals surface area contributed by atoms with Crippen molar-refractivity contribution in [1.82, 2.24) is 5.32 Å². The molecule has 0 saturated carbocycles. The minimum atomic E-state index is 0.451. The number of thiophene rings is 1. The lowest BCUT2D eigenvalue weighted by atomic mass is 10.2. The SMILES string of the molecule is COc1cc(CNCc2cccs2)ccc1OCc1cccc(Cl)c1. The van der Waals surface area contributed by atoms with E-state index in [1.807, 2.05) is 36.4 Å². The summed E-state index contributed by atoms with van der Waals surface area (Å²) in [6, 6.07) is 17.9. The summed E-state index contributed by atoms with van der Waals surface area (Å²) in [7, 11) is 1.66. The van der Waals surface area contributed by atoms with E-state index in [9.17, 15) is 0 Å². The van der Waals surface area contributed by atoms with Gasteiger partial charge in [-0.15, -0.1) is 11.3 Å². The van der Waals surface area contributed by atoms with Gasteiger partial charge in [-0.3, -0.25) is 0 Å². The first-order valence-corrected chi connectivity index (χ1v) is 9.27. The molecule has 3 aromatic rings. The molecule has 0 fully saturated rings. The first-order valence-electron chi connectivity index (χ1n) is 8.02. The van der Waals surface area contributed by atoms with E-state index < -0.39 is 0 Å². The Hall–Kier alpha value is -2.01. The van der Waals surface area contributed by atoms with E-state index in [0.29, 0.717) is 11.6 Å². The highest BCUT2D eigenvalue weighted by Crippen LogP contribution is 2.29. The van der Waals surface area contributed by atoms with E-state index in [4.69, 9.17) is 21.1 Å². The van der Waals surface area contributed by atoms with Crippen molar-refractivity contribution in [2.24, 2.45) is 0 Å². The second kappa shape index (κ2) is 8.90. The number of benzene rings is 2. The molecule has 0 aliphatic carbocycles. The van der Waals surface area contributed by atoms with Crippen molar-refractivity contribution in [3.8, 4) is 11.5 Å². The van der Waals surface area contributed by atoms with Crippen molar-refractivity contribution in [2.45, 2.75) is 19.7 Å². The van der Waals surface area contributed by atoms with Crippen LogP contribution in [0.1, 0.15) is 16.0 Å². The molecule has 0 unspecified atom stereocenters. The summed E-state index contributed by atoms with van der Waals surface area (Å²) in [4.78, 5) is 1.33. The second-order valence-corrected chi connectivity index (χ2v) is 7.06. The predicted molar refractivity (Wildman–Crippen MR) is 104 cm³/mol. The molecule has 0 saturated heterocycles. The van der Waals surface area contributed by atoms with Crippen LogP contribution in [-0.2, 0) is 19.7 Å². The number of nitrogens with one attached hydrogen (secondary N) is 1. The molecule has 25 heavy (non-hydrogen) atoms. The number of methoxy groups -OCH3 is 1. The number of hydrogen-bond acceptors (Lipinski definition) is 4. The Balaban J connectivity index is 1.59. The van der Waals surface area contributed by atoms with Gasteiger partial charge in [-0.05, 0) is 46.8 Å². The molecule has 3 rings (SSSR count). The van der Waals surface area contributed by atoms with Crippen molar-refractivity contribution in [1.29, 1.82) is 0 Å². The maximum atomic E-state index is 6.00. The molecule has 1 N–H and O–H groups in total. The van der Waals surface area contributed by atoms with E-state index in [1.165, 1.54) is 4.88 Å². The molecule has 0 amide bonds. The van der Waals surface area contributed by atoms with Crippen molar-refractivity contribution in [3.63, 3.8) is 0 Å². The molecular formula is C20H20ClNO2S. The molecule has 0 aliphatic heterocycles. The number of hydrogen-bond donors (Lipinski definition) is 1. The molecular weight excluding hydrogens is 354 g/mol. The summed E-state index contributed by atoms with van der Waals surface area (Å²) in [6.45, 7) is 2.10. The van der Waals surface area contributed by atoms with Gasteiger partial charge in [0.2, 0.25) is 0 Å². The molecule has 3 nitrogen and oxygen atoms in total. The zero-order valence-electron chi connectivity index (χ0n) is 14.0.